The molecule has 6 heteroatoms. The van der Waals surface area contributed by atoms with Crippen molar-refractivity contribution in [3.63, 3.8) is 0 Å². The van der Waals surface area contributed by atoms with Crippen LogP contribution in [-0.2, 0) is 19.1 Å². The van der Waals surface area contributed by atoms with Crippen molar-refractivity contribution in [3.8, 4) is 0 Å². The van der Waals surface area contributed by atoms with Crippen LogP contribution in [0.1, 0.15) is 44.9 Å². The predicted molar refractivity (Wildman–Crippen MR) is 76.0 cm³/mol. The lowest BCUT2D eigenvalue weighted by Crippen LogP contribution is -2.50. The second kappa shape index (κ2) is 7.75. The number of hydrogen-bond donors (Lipinski definition) is 2. The van der Waals surface area contributed by atoms with Gasteiger partial charge in [0.25, 0.3) is 0 Å². The number of hydrogen-bond acceptors (Lipinski definition) is 4. The average molecular weight is 299 g/mol. The van der Waals surface area contributed by atoms with Crippen molar-refractivity contribution in [2.75, 3.05) is 26.4 Å². The third kappa shape index (κ3) is 5.28. The molecule has 2 fully saturated rings. The lowest BCUT2D eigenvalue weighted by Gasteiger charge is -2.27. The van der Waals surface area contributed by atoms with Gasteiger partial charge in [0.1, 0.15) is 0 Å². The Hall–Kier alpha value is -1.14. The molecular formula is C15H25NO5. The Kier molecular flexibility index (Phi) is 5.99. The van der Waals surface area contributed by atoms with Gasteiger partial charge >= 0.3 is 5.97 Å². The highest BCUT2D eigenvalue weighted by molar-refractivity contribution is 5.78. The van der Waals surface area contributed by atoms with Crippen molar-refractivity contribution in [1.29, 1.82) is 0 Å². The number of nitrogens with one attached hydrogen (secondary N) is 1. The van der Waals surface area contributed by atoms with Crippen LogP contribution >= 0.6 is 0 Å². The fraction of sp³-hybridized carbons (Fsp3) is 0.867. The molecule has 0 spiro atoms. The first-order valence-corrected chi connectivity index (χ1v) is 7.78. The van der Waals surface area contributed by atoms with E-state index in [1.807, 2.05) is 0 Å². The Bertz CT molecular complexity index is 359. The quantitative estimate of drug-likeness (QED) is 0.741. The van der Waals surface area contributed by atoms with Crippen molar-refractivity contribution in [2.45, 2.75) is 50.5 Å². The second-order valence-electron chi connectivity index (χ2n) is 6.15. The maximum absolute atomic E-state index is 12.0. The molecule has 0 aromatic heterocycles. The number of carboxylic acid groups (broad SMARTS) is 1. The van der Waals surface area contributed by atoms with Crippen molar-refractivity contribution in [2.24, 2.45) is 5.92 Å². The van der Waals surface area contributed by atoms with Crippen LogP contribution in [0.2, 0.25) is 0 Å². The molecule has 2 rings (SSSR count). The van der Waals surface area contributed by atoms with Gasteiger partial charge in [0.15, 0.2) is 0 Å². The summed E-state index contributed by atoms with van der Waals surface area (Å²) < 4.78 is 10.6. The first kappa shape index (κ1) is 16.2. The minimum absolute atomic E-state index is 0.0613. The molecule has 0 aromatic rings. The molecule has 0 saturated carbocycles. The standard InChI is InChI=1S/C15H25NO5/c17-13(3-1-2-12-4-7-20-8-5-12)16-15(10-14(18)19)6-9-21-11-15/h12H,1-11H2,(H,16,17)(H,18,19). The van der Waals surface area contributed by atoms with Crippen LogP contribution in [0.15, 0.2) is 0 Å². The summed E-state index contributed by atoms with van der Waals surface area (Å²) in [4.78, 5) is 23.0. The molecule has 0 aliphatic carbocycles. The number of rotatable bonds is 7. The molecule has 0 aromatic carbocycles. The van der Waals surface area contributed by atoms with Gasteiger partial charge in [-0.3, -0.25) is 9.59 Å². The van der Waals surface area contributed by atoms with E-state index in [9.17, 15) is 9.59 Å². The Balaban J connectivity index is 1.70. The fourth-order valence-electron chi connectivity index (χ4n) is 3.12. The van der Waals surface area contributed by atoms with Gasteiger partial charge in [0.2, 0.25) is 5.91 Å². The number of carbonyl (C=O) groups excluding carboxylic acids is 1. The van der Waals surface area contributed by atoms with Gasteiger partial charge in [-0.25, -0.2) is 0 Å². The Morgan fingerprint density at radius 3 is 2.57 bits per heavy atom. The lowest BCUT2D eigenvalue weighted by atomic mass is 9.92. The van der Waals surface area contributed by atoms with Crippen LogP contribution in [0, 0.1) is 5.92 Å². The monoisotopic (exact) mass is 299 g/mol. The molecule has 21 heavy (non-hydrogen) atoms. The van der Waals surface area contributed by atoms with Crippen molar-refractivity contribution < 1.29 is 24.2 Å². The first-order chi connectivity index (χ1) is 10.1. The number of aliphatic carboxylic acids is 1. The summed E-state index contributed by atoms with van der Waals surface area (Å²) in [7, 11) is 0. The summed E-state index contributed by atoms with van der Waals surface area (Å²) in [5.41, 5.74) is -0.707. The molecular weight excluding hydrogens is 274 g/mol. The van der Waals surface area contributed by atoms with Crippen LogP contribution in [0.5, 0.6) is 0 Å². The van der Waals surface area contributed by atoms with Crippen molar-refractivity contribution >= 4 is 11.9 Å². The number of carbonyl (C=O) groups is 2. The van der Waals surface area contributed by atoms with E-state index in [0.717, 1.165) is 38.9 Å². The molecule has 2 N–H and O–H groups in total. The minimum atomic E-state index is -0.900. The van der Waals surface area contributed by atoms with Gasteiger partial charge in [-0.15, -0.1) is 0 Å². The second-order valence-corrected chi connectivity index (χ2v) is 6.15. The van der Waals surface area contributed by atoms with Gasteiger partial charge in [0, 0.05) is 26.2 Å². The van der Waals surface area contributed by atoms with E-state index in [2.05, 4.69) is 5.32 Å². The highest BCUT2D eigenvalue weighted by Gasteiger charge is 2.38. The largest absolute Gasteiger partial charge is 0.481 e. The first-order valence-electron chi connectivity index (χ1n) is 7.78. The summed E-state index contributed by atoms with van der Waals surface area (Å²) in [5, 5.41) is 11.9. The molecule has 2 saturated heterocycles. The zero-order chi connectivity index (χ0) is 15.1. The van der Waals surface area contributed by atoms with E-state index in [-0.39, 0.29) is 12.3 Å². The zero-order valence-corrected chi connectivity index (χ0v) is 12.4. The third-order valence-corrected chi connectivity index (χ3v) is 4.35. The zero-order valence-electron chi connectivity index (χ0n) is 12.4. The van der Waals surface area contributed by atoms with Crippen LogP contribution in [-0.4, -0.2) is 48.9 Å². The molecule has 2 aliphatic rings. The lowest BCUT2D eigenvalue weighted by molar-refractivity contribution is -0.139. The average Bonchev–Trinajstić information content (AvgIpc) is 2.87. The molecule has 2 aliphatic heterocycles. The molecule has 1 unspecified atom stereocenters. The van der Waals surface area contributed by atoms with Gasteiger partial charge in [-0.05, 0) is 38.0 Å². The summed E-state index contributed by atoms with van der Waals surface area (Å²) in [6, 6.07) is 0. The van der Waals surface area contributed by atoms with E-state index in [0.29, 0.717) is 32.0 Å². The highest BCUT2D eigenvalue weighted by Crippen LogP contribution is 2.24. The van der Waals surface area contributed by atoms with E-state index < -0.39 is 11.5 Å². The SMILES string of the molecule is O=C(O)CC1(NC(=O)CCCC2CCOCC2)CCOC1. The summed E-state index contributed by atoms with van der Waals surface area (Å²) >= 11 is 0. The van der Waals surface area contributed by atoms with Crippen LogP contribution in [0.4, 0.5) is 0 Å². The van der Waals surface area contributed by atoms with Gasteiger partial charge in [-0.1, -0.05) is 0 Å². The van der Waals surface area contributed by atoms with Gasteiger partial charge in [-0.2, -0.15) is 0 Å². The summed E-state index contributed by atoms with van der Waals surface area (Å²) in [6.45, 7) is 2.46. The summed E-state index contributed by atoms with van der Waals surface area (Å²) in [6.07, 6.45) is 5.01. The molecule has 0 bridgehead atoms. The maximum Gasteiger partial charge on any atom is 0.305 e. The minimum Gasteiger partial charge on any atom is -0.481 e. The molecule has 2 heterocycles. The molecule has 1 atom stereocenters. The van der Waals surface area contributed by atoms with E-state index in [1.54, 1.807) is 0 Å². The predicted octanol–water partition coefficient (Wildman–Crippen LogP) is 1.33. The van der Waals surface area contributed by atoms with Crippen molar-refractivity contribution in [1.82, 2.24) is 5.32 Å². The third-order valence-electron chi connectivity index (χ3n) is 4.35. The van der Waals surface area contributed by atoms with E-state index in [1.165, 1.54) is 0 Å². The maximum atomic E-state index is 12.0. The molecule has 1 amide bonds. The van der Waals surface area contributed by atoms with Crippen LogP contribution in [0.3, 0.4) is 0 Å². The highest BCUT2D eigenvalue weighted by atomic mass is 16.5. The number of carboxylic acids is 1. The van der Waals surface area contributed by atoms with E-state index >= 15 is 0 Å². The van der Waals surface area contributed by atoms with Crippen LogP contribution < -0.4 is 5.32 Å². The molecule has 0 radical (unpaired) electrons. The Labute approximate surface area is 125 Å². The van der Waals surface area contributed by atoms with Crippen molar-refractivity contribution in [3.05, 3.63) is 0 Å². The number of amides is 1. The smallest absolute Gasteiger partial charge is 0.305 e. The molecule has 120 valence electrons. The fourth-order valence-corrected chi connectivity index (χ4v) is 3.12. The number of ether oxygens (including phenoxy) is 2. The topological polar surface area (TPSA) is 84.9 Å². The van der Waals surface area contributed by atoms with E-state index in [4.69, 9.17) is 14.6 Å². The van der Waals surface area contributed by atoms with Gasteiger partial charge < -0.3 is 19.9 Å². The molecule has 6 nitrogen and oxygen atoms in total. The van der Waals surface area contributed by atoms with Crippen LogP contribution in [0.25, 0.3) is 0 Å². The Morgan fingerprint density at radius 2 is 1.95 bits per heavy atom. The Morgan fingerprint density at radius 1 is 1.19 bits per heavy atom. The summed E-state index contributed by atoms with van der Waals surface area (Å²) in [5.74, 6) is -0.300. The van der Waals surface area contributed by atoms with Gasteiger partial charge in [0.05, 0.1) is 18.6 Å². The normalized spacial score (nSPS) is 26.7.